The highest BCUT2D eigenvalue weighted by molar-refractivity contribution is 6.42. The molecule has 0 saturated heterocycles. The van der Waals surface area contributed by atoms with Gasteiger partial charge in [0.25, 0.3) is 11.8 Å². The summed E-state index contributed by atoms with van der Waals surface area (Å²) in [5, 5.41) is 6.16. The fourth-order valence-corrected chi connectivity index (χ4v) is 2.65. The number of ether oxygens (including phenoxy) is 1. The van der Waals surface area contributed by atoms with Gasteiger partial charge in [0.1, 0.15) is 5.75 Å². The lowest BCUT2D eigenvalue weighted by atomic mass is 10.1. The highest BCUT2D eigenvalue weighted by Gasteiger charge is 2.10. The number of hydrogen-bond acceptors (Lipinski definition) is 4. The number of carbonyl (C=O) groups excluding carboxylic acids is 2. The highest BCUT2D eigenvalue weighted by Crippen LogP contribution is 2.26. The summed E-state index contributed by atoms with van der Waals surface area (Å²) in [6.07, 6.45) is 0.391. The van der Waals surface area contributed by atoms with E-state index < -0.39 is 0 Å². The van der Waals surface area contributed by atoms with Crippen LogP contribution in [0.25, 0.3) is 0 Å². The van der Waals surface area contributed by atoms with Gasteiger partial charge in [-0.25, -0.2) is 0 Å². The molecular weight excluding hydrogens is 401 g/mol. The van der Waals surface area contributed by atoms with Crippen LogP contribution in [-0.2, 0) is 4.79 Å². The summed E-state index contributed by atoms with van der Waals surface area (Å²) < 4.78 is 5.35. The number of halogens is 2. The van der Waals surface area contributed by atoms with Gasteiger partial charge in [0.2, 0.25) is 0 Å². The van der Waals surface area contributed by atoms with Gasteiger partial charge in [0.05, 0.1) is 21.3 Å². The zero-order valence-electron chi connectivity index (χ0n) is 15.6. The summed E-state index contributed by atoms with van der Waals surface area (Å²) in [4.78, 5) is 28.4. The molecule has 0 saturated carbocycles. The number of pyridine rings is 1. The van der Waals surface area contributed by atoms with Crippen LogP contribution in [-0.4, -0.2) is 29.9 Å². The van der Waals surface area contributed by atoms with E-state index in [0.29, 0.717) is 45.7 Å². The van der Waals surface area contributed by atoms with Gasteiger partial charge in [0, 0.05) is 30.4 Å². The quantitative estimate of drug-likeness (QED) is 0.678. The number of amides is 2. The van der Waals surface area contributed by atoms with Crippen molar-refractivity contribution in [1.82, 2.24) is 15.6 Å². The Morgan fingerprint density at radius 3 is 2.57 bits per heavy atom. The van der Waals surface area contributed by atoms with Gasteiger partial charge in [-0.2, -0.15) is 0 Å². The zero-order valence-corrected chi connectivity index (χ0v) is 17.2. The van der Waals surface area contributed by atoms with E-state index in [1.807, 2.05) is 6.92 Å². The molecule has 0 aliphatic heterocycles. The van der Waals surface area contributed by atoms with Gasteiger partial charge in [-0.05, 0) is 38.1 Å². The Morgan fingerprint density at radius 2 is 1.89 bits per heavy atom. The largest absolute Gasteiger partial charge is 0.484 e. The van der Waals surface area contributed by atoms with E-state index in [1.165, 1.54) is 6.07 Å². The first-order chi connectivity index (χ1) is 13.3. The monoisotopic (exact) mass is 421 g/mol. The summed E-state index contributed by atoms with van der Waals surface area (Å²) in [6.45, 7) is 7.57. The molecule has 2 N–H and O–H groups in total. The fraction of sp³-hybridized carbons (Fsp3) is 0.250. The second-order valence-corrected chi connectivity index (χ2v) is 6.92. The van der Waals surface area contributed by atoms with E-state index in [9.17, 15) is 9.59 Å². The van der Waals surface area contributed by atoms with Crippen LogP contribution in [0.5, 0.6) is 5.75 Å². The van der Waals surface area contributed by atoms with Gasteiger partial charge in [-0.3, -0.25) is 14.6 Å². The molecule has 0 bridgehead atoms. The molecule has 2 amide bonds. The Morgan fingerprint density at radius 1 is 1.14 bits per heavy atom. The van der Waals surface area contributed by atoms with Crippen molar-refractivity contribution in [1.29, 1.82) is 0 Å². The minimum Gasteiger partial charge on any atom is -0.484 e. The lowest BCUT2D eigenvalue weighted by molar-refractivity contribution is -0.122. The Hall–Kier alpha value is -2.57. The van der Waals surface area contributed by atoms with Crippen LogP contribution in [0.1, 0.15) is 28.2 Å². The van der Waals surface area contributed by atoms with Crippen molar-refractivity contribution in [2.45, 2.75) is 20.3 Å². The van der Waals surface area contributed by atoms with Crippen molar-refractivity contribution in [3.63, 3.8) is 0 Å². The van der Waals surface area contributed by atoms with Crippen LogP contribution in [0.15, 0.2) is 42.6 Å². The van der Waals surface area contributed by atoms with Crippen molar-refractivity contribution in [2.24, 2.45) is 0 Å². The predicted molar refractivity (Wildman–Crippen MR) is 110 cm³/mol. The molecule has 0 unspecified atom stereocenters. The molecule has 1 heterocycles. The van der Waals surface area contributed by atoms with Gasteiger partial charge in [0.15, 0.2) is 6.61 Å². The first kappa shape index (κ1) is 21.7. The number of nitrogens with one attached hydrogen (secondary N) is 2. The lowest BCUT2D eigenvalue weighted by Gasteiger charge is -2.11. The van der Waals surface area contributed by atoms with E-state index in [4.69, 9.17) is 27.9 Å². The summed E-state index contributed by atoms with van der Waals surface area (Å²) in [6, 6.07) is 8.26. The summed E-state index contributed by atoms with van der Waals surface area (Å²) in [5.41, 5.74) is 2.52. The SMILES string of the molecule is C=C(CCNC(=O)c1ccc(C)nc1C)NC(=O)COc1ccc(Cl)c(Cl)c1. The molecule has 0 atom stereocenters. The maximum atomic E-state index is 12.2. The molecule has 0 aliphatic rings. The first-order valence-corrected chi connectivity index (χ1v) is 9.30. The Balaban J connectivity index is 1.72. The van der Waals surface area contributed by atoms with Gasteiger partial charge in [-0.1, -0.05) is 29.8 Å². The van der Waals surface area contributed by atoms with Crippen LogP contribution in [0, 0.1) is 13.8 Å². The van der Waals surface area contributed by atoms with E-state index >= 15 is 0 Å². The molecular formula is C20H21Cl2N3O3. The van der Waals surface area contributed by atoms with E-state index in [1.54, 1.807) is 31.2 Å². The third-order valence-electron chi connectivity index (χ3n) is 3.76. The number of aryl methyl sites for hydroxylation is 2. The summed E-state index contributed by atoms with van der Waals surface area (Å²) >= 11 is 11.7. The molecule has 148 valence electrons. The number of hydrogen-bond donors (Lipinski definition) is 2. The average molecular weight is 422 g/mol. The predicted octanol–water partition coefficient (Wildman–Crippen LogP) is 3.83. The summed E-state index contributed by atoms with van der Waals surface area (Å²) in [5.74, 6) is -0.141. The Bertz CT molecular complexity index is 900. The maximum absolute atomic E-state index is 12.2. The number of carbonyl (C=O) groups is 2. The number of aromatic nitrogens is 1. The molecule has 0 fully saturated rings. The molecule has 2 aromatic rings. The second kappa shape index (κ2) is 10.1. The molecule has 0 aliphatic carbocycles. The molecule has 1 aromatic heterocycles. The molecule has 0 spiro atoms. The molecule has 28 heavy (non-hydrogen) atoms. The first-order valence-electron chi connectivity index (χ1n) is 8.54. The normalized spacial score (nSPS) is 10.3. The topological polar surface area (TPSA) is 80.3 Å². The zero-order chi connectivity index (χ0) is 20.7. The van der Waals surface area contributed by atoms with E-state index in [-0.39, 0.29) is 18.4 Å². The molecule has 2 rings (SSSR count). The van der Waals surface area contributed by atoms with E-state index in [0.717, 1.165) is 5.69 Å². The molecule has 6 nitrogen and oxygen atoms in total. The fourth-order valence-electron chi connectivity index (χ4n) is 2.36. The lowest BCUT2D eigenvalue weighted by Crippen LogP contribution is -2.31. The molecule has 1 aromatic carbocycles. The van der Waals surface area contributed by atoms with Gasteiger partial charge < -0.3 is 15.4 Å². The summed E-state index contributed by atoms with van der Waals surface area (Å²) in [7, 11) is 0. The maximum Gasteiger partial charge on any atom is 0.262 e. The van der Waals surface area contributed by atoms with Crippen LogP contribution in [0.2, 0.25) is 10.0 Å². The second-order valence-electron chi connectivity index (χ2n) is 6.11. The minimum atomic E-state index is -0.360. The van der Waals surface area contributed by atoms with Crippen molar-refractivity contribution in [2.75, 3.05) is 13.2 Å². The van der Waals surface area contributed by atoms with Gasteiger partial charge >= 0.3 is 0 Å². The number of nitrogens with zero attached hydrogens (tertiary/aromatic N) is 1. The van der Waals surface area contributed by atoms with E-state index in [2.05, 4.69) is 22.2 Å². The Labute approximate surface area is 173 Å². The third kappa shape index (κ3) is 6.55. The van der Waals surface area contributed by atoms with Crippen LogP contribution < -0.4 is 15.4 Å². The molecule has 8 heteroatoms. The Kier molecular flexibility index (Phi) is 7.84. The number of benzene rings is 1. The third-order valence-corrected chi connectivity index (χ3v) is 4.50. The minimum absolute atomic E-state index is 0.197. The van der Waals surface area contributed by atoms with Crippen LogP contribution in [0.4, 0.5) is 0 Å². The van der Waals surface area contributed by atoms with Crippen molar-refractivity contribution in [3.8, 4) is 5.75 Å². The van der Waals surface area contributed by atoms with Crippen molar-refractivity contribution < 1.29 is 14.3 Å². The smallest absolute Gasteiger partial charge is 0.262 e. The van der Waals surface area contributed by atoms with Crippen LogP contribution in [0.3, 0.4) is 0 Å². The van der Waals surface area contributed by atoms with Gasteiger partial charge in [-0.15, -0.1) is 0 Å². The average Bonchev–Trinajstić information content (AvgIpc) is 2.62. The van der Waals surface area contributed by atoms with Crippen LogP contribution >= 0.6 is 23.2 Å². The molecule has 0 radical (unpaired) electrons. The van der Waals surface area contributed by atoms with Crippen molar-refractivity contribution >= 4 is 35.0 Å². The van der Waals surface area contributed by atoms with Crippen molar-refractivity contribution in [3.05, 3.63) is 69.6 Å². The highest BCUT2D eigenvalue weighted by atomic mass is 35.5. The number of rotatable bonds is 8. The standard InChI is InChI=1S/C20H21Cl2N3O3/c1-12-4-6-16(14(3)24-12)20(27)23-9-8-13(2)25-19(26)11-28-15-5-7-17(21)18(22)10-15/h4-7,10H,2,8-9,11H2,1,3H3,(H,23,27)(H,25,26).